The average molecular weight is 343 g/mol. The van der Waals surface area contributed by atoms with E-state index in [1.807, 2.05) is 0 Å². The Bertz CT molecular complexity index is 741. The predicted octanol–water partition coefficient (Wildman–Crippen LogP) is 3.62. The van der Waals surface area contributed by atoms with E-state index in [0.29, 0.717) is 0 Å². The van der Waals surface area contributed by atoms with Crippen molar-refractivity contribution in [3.63, 3.8) is 0 Å². The van der Waals surface area contributed by atoms with Gasteiger partial charge in [-0.3, -0.25) is 0 Å². The highest BCUT2D eigenvalue weighted by Gasteiger charge is 2.41. The molecule has 0 radical (unpaired) electrons. The molecule has 0 aliphatic heterocycles. The summed E-state index contributed by atoms with van der Waals surface area (Å²) in [4.78, 5) is -0.0583. The first-order chi connectivity index (χ1) is 10.7. The number of alkyl halides is 3. The molecule has 2 aromatic rings. The van der Waals surface area contributed by atoms with E-state index in [1.54, 1.807) is 25.1 Å². The number of hydrogen-bond acceptors (Lipinski definition) is 2. The molecule has 0 aliphatic rings. The maximum Gasteiger partial charge on any atom is 0.396 e. The van der Waals surface area contributed by atoms with Gasteiger partial charge in [0.15, 0.2) is 0 Å². The summed E-state index contributed by atoms with van der Waals surface area (Å²) >= 11 is 0. The van der Waals surface area contributed by atoms with Gasteiger partial charge < -0.3 is 0 Å². The van der Waals surface area contributed by atoms with Crippen LogP contribution in [-0.2, 0) is 10.0 Å². The molecule has 0 unspecified atom stereocenters. The molecular formula is C16H16F3NO2S. The summed E-state index contributed by atoms with van der Waals surface area (Å²) in [5.41, 5.74) is 0.882. The highest BCUT2D eigenvalue weighted by atomic mass is 32.2. The van der Waals surface area contributed by atoms with E-state index in [9.17, 15) is 21.6 Å². The van der Waals surface area contributed by atoms with Gasteiger partial charge in [0.2, 0.25) is 10.0 Å². The lowest BCUT2D eigenvalue weighted by molar-refractivity contribution is -0.148. The van der Waals surface area contributed by atoms with Crippen molar-refractivity contribution in [3.8, 4) is 0 Å². The molecule has 124 valence electrons. The number of benzene rings is 2. The summed E-state index contributed by atoms with van der Waals surface area (Å²) in [7, 11) is -3.99. The topological polar surface area (TPSA) is 46.2 Å². The summed E-state index contributed by atoms with van der Waals surface area (Å²) in [5, 5.41) is 0. The zero-order valence-corrected chi connectivity index (χ0v) is 13.2. The second-order valence-electron chi connectivity index (χ2n) is 5.17. The van der Waals surface area contributed by atoms with Gasteiger partial charge in [-0.05, 0) is 24.6 Å². The second-order valence-corrected chi connectivity index (χ2v) is 6.94. The van der Waals surface area contributed by atoms with Crippen molar-refractivity contribution >= 4 is 10.0 Å². The van der Waals surface area contributed by atoms with Gasteiger partial charge in [0, 0.05) is 6.54 Å². The number of aryl methyl sites for hydroxylation is 1. The fourth-order valence-electron chi connectivity index (χ4n) is 2.10. The van der Waals surface area contributed by atoms with Crippen molar-refractivity contribution < 1.29 is 21.6 Å². The number of rotatable bonds is 5. The summed E-state index contributed by atoms with van der Waals surface area (Å²) < 4.78 is 65.9. The Balaban J connectivity index is 2.20. The molecule has 0 fully saturated rings. The smallest absolute Gasteiger partial charge is 0.210 e. The van der Waals surface area contributed by atoms with Crippen molar-refractivity contribution in [3.05, 3.63) is 65.7 Å². The Labute approximate surface area is 133 Å². The van der Waals surface area contributed by atoms with E-state index in [4.69, 9.17) is 0 Å². The third kappa shape index (κ3) is 4.56. The van der Waals surface area contributed by atoms with Crippen molar-refractivity contribution in [2.75, 3.05) is 6.54 Å². The Morgan fingerprint density at radius 1 is 1.00 bits per heavy atom. The first kappa shape index (κ1) is 17.5. The fraction of sp³-hybridized carbons (Fsp3) is 0.250. The molecule has 7 heteroatoms. The number of sulfonamides is 1. The van der Waals surface area contributed by atoms with Crippen LogP contribution in [0, 0.1) is 6.92 Å². The van der Waals surface area contributed by atoms with Crippen LogP contribution >= 0.6 is 0 Å². The van der Waals surface area contributed by atoms with Crippen LogP contribution in [0.4, 0.5) is 13.2 Å². The summed E-state index contributed by atoms with van der Waals surface area (Å²) in [5.74, 6) is -1.90. The van der Waals surface area contributed by atoms with Crippen molar-refractivity contribution in [1.29, 1.82) is 0 Å². The largest absolute Gasteiger partial charge is 0.396 e. The van der Waals surface area contributed by atoms with Crippen LogP contribution in [0.2, 0.25) is 0 Å². The zero-order chi connectivity index (χ0) is 17.1. The van der Waals surface area contributed by atoms with E-state index in [0.717, 1.165) is 5.56 Å². The fourth-order valence-corrected chi connectivity index (χ4v) is 3.15. The second kappa shape index (κ2) is 6.72. The van der Waals surface area contributed by atoms with Crippen molar-refractivity contribution in [2.45, 2.75) is 23.9 Å². The molecule has 0 spiro atoms. The third-order valence-electron chi connectivity index (χ3n) is 3.41. The average Bonchev–Trinajstić information content (AvgIpc) is 2.47. The molecule has 0 saturated heterocycles. The molecule has 2 rings (SSSR count). The molecule has 0 amide bonds. The molecular weight excluding hydrogens is 327 g/mol. The SMILES string of the molecule is Cc1ccc(S(=O)(=O)NC[C@@H](c2ccccc2)C(F)(F)F)cc1. The van der Waals surface area contributed by atoms with E-state index >= 15 is 0 Å². The van der Waals surface area contributed by atoms with E-state index in [-0.39, 0.29) is 10.5 Å². The Kier molecular flexibility index (Phi) is 5.11. The maximum absolute atomic E-state index is 13.2. The first-order valence-corrected chi connectivity index (χ1v) is 8.36. The van der Waals surface area contributed by atoms with E-state index in [2.05, 4.69) is 4.72 Å². The minimum Gasteiger partial charge on any atom is -0.210 e. The van der Waals surface area contributed by atoms with Crippen LogP contribution < -0.4 is 4.72 Å². The Morgan fingerprint density at radius 3 is 2.09 bits per heavy atom. The summed E-state index contributed by atoms with van der Waals surface area (Å²) in [6.07, 6.45) is -4.54. The van der Waals surface area contributed by atoms with E-state index < -0.39 is 28.7 Å². The van der Waals surface area contributed by atoms with Gasteiger partial charge in [-0.1, -0.05) is 48.0 Å². The van der Waals surface area contributed by atoms with Gasteiger partial charge in [0.1, 0.15) is 0 Å². The molecule has 0 aromatic heterocycles. The molecule has 0 saturated carbocycles. The van der Waals surface area contributed by atoms with Gasteiger partial charge in [-0.25, -0.2) is 13.1 Å². The van der Waals surface area contributed by atoms with E-state index in [1.165, 1.54) is 36.4 Å². The van der Waals surface area contributed by atoms with Crippen LogP contribution in [0.5, 0.6) is 0 Å². The normalized spacial score (nSPS) is 13.7. The molecule has 3 nitrogen and oxygen atoms in total. The molecule has 0 bridgehead atoms. The summed E-state index contributed by atoms with van der Waals surface area (Å²) in [6, 6.07) is 13.2. The zero-order valence-electron chi connectivity index (χ0n) is 12.3. The number of nitrogens with one attached hydrogen (secondary N) is 1. The van der Waals surface area contributed by atoms with Crippen LogP contribution in [0.25, 0.3) is 0 Å². The van der Waals surface area contributed by atoms with Crippen LogP contribution in [0.15, 0.2) is 59.5 Å². The molecule has 1 N–H and O–H groups in total. The first-order valence-electron chi connectivity index (χ1n) is 6.88. The number of hydrogen-bond donors (Lipinski definition) is 1. The minimum absolute atomic E-state index is 0.0200. The van der Waals surface area contributed by atoms with Crippen molar-refractivity contribution in [2.24, 2.45) is 0 Å². The maximum atomic E-state index is 13.2. The lowest BCUT2D eigenvalue weighted by Gasteiger charge is -2.21. The van der Waals surface area contributed by atoms with Gasteiger partial charge in [-0.15, -0.1) is 0 Å². The summed E-state index contributed by atoms with van der Waals surface area (Å²) in [6.45, 7) is 1.04. The van der Waals surface area contributed by atoms with Gasteiger partial charge >= 0.3 is 6.18 Å². The highest BCUT2D eigenvalue weighted by Crippen LogP contribution is 2.34. The number of halogens is 3. The molecule has 23 heavy (non-hydrogen) atoms. The Morgan fingerprint density at radius 2 is 1.57 bits per heavy atom. The quantitative estimate of drug-likeness (QED) is 0.901. The standard InChI is InChI=1S/C16H16F3NO2S/c1-12-7-9-14(10-8-12)23(21,22)20-11-15(16(17,18)19)13-5-3-2-4-6-13/h2-10,15,20H,11H2,1H3/t15-/m0/s1. The van der Waals surface area contributed by atoms with Crippen LogP contribution in [-0.4, -0.2) is 21.1 Å². The molecule has 2 aromatic carbocycles. The molecule has 1 atom stereocenters. The molecule has 0 aliphatic carbocycles. The van der Waals surface area contributed by atoms with Gasteiger partial charge in [0.25, 0.3) is 0 Å². The van der Waals surface area contributed by atoms with Crippen LogP contribution in [0.3, 0.4) is 0 Å². The third-order valence-corrected chi connectivity index (χ3v) is 4.85. The predicted molar refractivity (Wildman–Crippen MR) is 81.6 cm³/mol. The van der Waals surface area contributed by atoms with Gasteiger partial charge in [-0.2, -0.15) is 13.2 Å². The lowest BCUT2D eigenvalue weighted by Crippen LogP contribution is -2.35. The lowest BCUT2D eigenvalue weighted by atomic mass is 9.99. The highest BCUT2D eigenvalue weighted by molar-refractivity contribution is 7.89. The van der Waals surface area contributed by atoms with Crippen LogP contribution in [0.1, 0.15) is 17.0 Å². The Hall–Kier alpha value is -1.86. The van der Waals surface area contributed by atoms with Crippen molar-refractivity contribution in [1.82, 2.24) is 4.72 Å². The molecule has 0 heterocycles. The monoisotopic (exact) mass is 343 g/mol. The minimum atomic E-state index is -4.54. The van der Waals surface area contributed by atoms with Gasteiger partial charge in [0.05, 0.1) is 10.8 Å².